The van der Waals surface area contributed by atoms with Crippen LogP contribution in [0.1, 0.15) is 5.56 Å². The predicted octanol–water partition coefficient (Wildman–Crippen LogP) is 4.32. The van der Waals surface area contributed by atoms with E-state index in [1.807, 2.05) is 6.07 Å². The van der Waals surface area contributed by atoms with Crippen LogP contribution in [0.3, 0.4) is 0 Å². The molecule has 0 aliphatic heterocycles. The zero-order valence-corrected chi connectivity index (χ0v) is 10.1. The molecular weight excluding hydrogens is 343 g/mol. The van der Waals surface area contributed by atoms with Gasteiger partial charge in [-0.1, -0.05) is 34.1 Å². The molecule has 0 amide bonds. The second-order valence-electron chi connectivity index (χ2n) is 1.98. The first-order valence-electron chi connectivity index (χ1n) is 2.83. The summed E-state index contributed by atoms with van der Waals surface area (Å²) in [7, 11) is 0. The van der Waals surface area contributed by atoms with Crippen molar-refractivity contribution in [3.05, 3.63) is 34.3 Å². The monoisotopic (exact) mass is 344 g/mol. The van der Waals surface area contributed by atoms with Crippen LogP contribution in [-0.2, 0) is 3.49 Å². The van der Waals surface area contributed by atoms with Gasteiger partial charge in [-0.05, 0) is 37.9 Å². The van der Waals surface area contributed by atoms with Gasteiger partial charge in [-0.25, -0.2) is 4.39 Å². The van der Waals surface area contributed by atoms with Crippen molar-refractivity contribution in [2.24, 2.45) is 0 Å². The van der Waals surface area contributed by atoms with E-state index in [2.05, 4.69) is 47.8 Å². The number of halogens is 4. The molecule has 1 rings (SSSR count). The summed E-state index contributed by atoms with van der Waals surface area (Å²) in [5, 5.41) is 0. The molecule has 0 unspecified atom stereocenters. The third-order valence-electron chi connectivity index (χ3n) is 1.18. The van der Waals surface area contributed by atoms with Crippen LogP contribution in [0.25, 0.3) is 0 Å². The van der Waals surface area contributed by atoms with Gasteiger partial charge in [0.15, 0.2) is 0 Å². The molecule has 0 saturated heterocycles. The second-order valence-corrected chi connectivity index (χ2v) is 6.08. The molecule has 0 fully saturated rings. The summed E-state index contributed by atoms with van der Waals surface area (Å²) in [6.45, 7) is 0. The highest BCUT2D eigenvalue weighted by Gasteiger charge is 2.25. The zero-order chi connectivity index (χ0) is 8.48. The molecule has 11 heavy (non-hydrogen) atoms. The summed E-state index contributed by atoms with van der Waals surface area (Å²) in [4.78, 5) is 0. The Labute approximate surface area is 89.6 Å². The molecule has 1 aromatic carbocycles. The number of rotatable bonds is 1. The number of hydrogen-bond donors (Lipinski definition) is 0. The Morgan fingerprint density at radius 2 is 1.73 bits per heavy atom. The van der Waals surface area contributed by atoms with E-state index in [-0.39, 0.29) is 0 Å². The number of alkyl halides is 3. The van der Waals surface area contributed by atoms with Crippen molar-refractivity contribution in [1.29, 1.82) is 0 Å². The number of hydrogen-bond acceptors (Lipinski definition) is 0. The molecular formula is C7H4Br3F. The Bertz CT molecular complexity index is 254. The molecule has 0 saturated carbocycles. The fourth-order valence-corrected chi connectivity index (χ4v) is 2.47. The molecule has 0 radical (unpaired) electrons. The molecule has 0 spiro atoms. The molecule has 0 bridgehead atoms. The minimum absolute atomic E-state index is 0.528. The summed E-state index contributed by atoms with van der Waals surface area (Å²) in [5.74, 6) is 0. The van der Waals surface area contributed by atoms with Crippen molar-refractivity contribution in [1.82, 2.24) is 0 Å². The maximum atomic E-state index is 13.2. The van der Waals surface area contributed by atoms with Crippen molar-refractivity contribution in [3.8, 4) is 0 Å². The molecule has 0 heterocycles. The molecule has 0 aliphatic carbocycles. The first-order valence-corrected chi connectivity index (χ1v) is 5.21. The predicted molar refractivity (Wildman–Crippen MR) is 54.8 cm³/mol. The summed E-state index contributed by atoms with van der Waals surface area (Å²) < 4.78 is 12.3. The lowest BCUT2D eigenvalue weighted by molar-refractivity contribution is 0.443. The van der Waals surface area contributed by atoms with Crippen LogP contribution in [-0.4, -0.2) is 0 Å². The summed E-state index contributed by atoms with van der Waals surface area (Å²) >= 11 is 8.95. The quantitative estimate of drug-likeness (QED) is 0.664. The number of benzene rings is 1. The zero-order valence-electron chi connectivity index (χ0n) is 5.32. The normalized spacial score (nSPS) is 11.6. The summed E-state index contributed by atoms with van der Waals surface area (Å²) in [6, 6.07) is 7.08. The Morgan fingerprint density at radius 1 is 1.18 bits per heavy atom. The van der Waals surface area contributed by atoms with Gasteiger partial charge >= 0.3 is 0 Å². The van der Waals surface area contributed by atoms with Gasteiger partial charge < -0.3 is 0 Å². The third kappa shape index (κ3) is 2.53. The van der Waals surface area contributed by atoms with E-state index in [9.17, 15) is 4.39 Å². The van der Waals surface area contributed by atoms with E-state index in [0.717, 1.165) is 4.47 Å². The fraction of sp³-hybridized carbons (Fsp3) is 0.143. The molecule has 0 aliphatic rings. The van der Waals surface area contributed by atoms with E-state index >= 15 is 0 Å². The van der Waals surface area contributed by atoms with Gasteiger partial charge in [0, 0.05) is 10.0 Å². The summed E-state index contributed by atoms with van der Waals surface area (Å²) in [5.41, 5.74) is 0.528. The first kappa shape index (κ1) is 9.68. The minimum Gasteiger partial charge on any atom is -0.213 e. The Balaban J connectivity index is 3.14. The van der Waals surface area contributed by atoms with E-state index in [1.165, 1.54) is 0 Å². The highest BCUT2D eigenvalue weighted by molar-refractivity contribution is 9.24. The maximum Gasteiger partial charge on any atom is 0.245 e. The van der Waals surface area contributed by atoms with E-state index in [1.54, 1.807) is 18.2 Å². The van der Waals surface area contributed by atoms with Crippen LogP contribution in [0.2, 0.25) is 0 Å². The molecule has 60 valence electrons. The van der Waals surface area contributed by atoms with Gasteiger partial charge in [-0.15, -0.1) is 0 Å². The van der Waals surface area contributed by atoms with Gasteiger partial charge in [-0.3, -0.25) is 0 Å². The van der Waals surface area contributed by atoms with Crippen molar-refractivity contribution in [2.75, 3.05) is 0 Å². The van der Waals surface area contributed by atoms with Gasteiger partial charge in [0.1, 0.15) is 0 Å². The van der Waals surface area contributed by atoms with Crippen molar-refractivity contribution in [3.63, 3.8) is 0 Å². The lowest BCUT2D eigenvalue weighted by Crippen LogP contribution is -2.00. The molecule has 0 aromatic heterocycles. The van der Waals surface area contributed by atoms with Crippen LogP contribution in [0.4, 0.5) is 4.39 Å². The topological polar surface area (TPSA) is 0 Å². The fourth-order valence-electron chi connectivity index (χ4n) is 0.691. The maximum absolute atomic E-state index is 13.2. The van der Waals surface area contributed by atoms with Crippen LogP contribution in [0, 0.1) is 0 Å². The van der Waals surface area contributed by atoms with Crippen molar-refractivity contribution >= 4 is 47.8 Å². The highest BCUT2D eigenvalue weighted by atomic mass is 79.9. The smallest absolute Gasteiger partial charge is 0.213 e. The van der Waals surface area contributed by atoms with Gasteiger partial charge in [0.2, 0.25) is 3.49 Å². The molecule has 4 heteroatoms. The van der Waals surface area contributed by atoms with E-state index < -0.39 is 3.49 Å². The SMILES string of the molecule is FC(Br)(Br)c1ccccc1Br. The third-order valence-corrected chi connectivity index (χ3v) is 2.73. The van der Waals surface area contributed by atoms with E-state index in [4.69, 9.17) is 0 Å². The van der Waals surface area contributed by atoms with Gasteiger partial charge in [0.05, 0.1) is 0 Å². The summed E-state index contributed by atoms with van der Waals surface area (Å²) in [6.07, 6.45) is 0. The van der Waals surface area contributed by atoms with E-state index in [0.29, 0.717) is 5.56 Å². The van der Waals surface area contributed by atoms with Gasteiger partial charge in [0.25, 0.3) is 0 Å². The Morgan fingerprint density at radius 3 is 2.09 bits per heavy atom. The van der Waals surface area contributed by atoms with Crippen LogP contribution in [0.15, 0.2) is 28.7 Å². The largest absolute Gasteiger partial charge is 0.245 e. The van der Waals surface area contributed by atoms with Crippen molar-refractivity contribution < 1.29 is 4.39 Å². The first-order chi connectivity index (χ1) is 5.02. The minimum atomic E-state index is -1.64. The standard InChI is InChI=1S/C7H4Br3F/c8-6-4-2-1-3-5(6)7(9,10)11/h1-4H. The average Bonchev–Trinajstić information content (AvgIpc) is 1.86. The van der Waals surface area contributed by atoms with Crippen LogP contribution >= 0.6 is 47.8 Å². The average molecular weight is 347 g/mol. The Kier molecular flexibility index (Phi) is 3.11. The molecule has 0 atom stereocenters. The second kappa shape index (κ2) is 3.54. The lowest BCUT2D eigenvalue weighted by atomic mass is 10.2. The van der Waals surface area contributed by atoms with Crippen molar-refractivity contribution in [2.45, 2.75) is 3.49 Å². The van der Waals surface area contributed by atoms with Gasteiger partial charge in [-0.2, -0.15) is 0 Å². The molecule has 0 nitrogen and oxygen atoms in total. The highest BCUT2D eigenvalue weighted by Crippen LogP contribution is 2.42. The molecule has 1 aromatic rings. The molecule has 0 N–H and O–H groups in total. The van der Waals surface area contributed by atoms with Crippen LogP contribution in [0.5, 0.6) is 0 Å². The lowest BCUT2D eigenvalue weighted by Gasteiger charge is -2.11. The van der Waals surface area contributed by atoms with Crippen LogP contribution < -0.4 is 0 Å². The Hall–Kier alpha value is 0.590.